The number of rotatable bonds is 9. The highest BCUT2D eigenvalue weighted by Gasteiger charge is 2.32. The molecule has 0 bridgehead atoms. The van der Waals surface area contributed by atoms with Crippen molar-refractivity contribution in [1.29, 1.82) is 0 Å². The van der Waals surface area contributed by atoms with Crippen molar-refractivity contribution in [3.05, 3.63) is 95.9 Å². The maximum absolute atomic E-state index is 13.1. The van der Waals surface area contributed by atoms with Gasteiger partial charge in [-0.05, 0) is 55.7 Å². The molecule has 0 saturated carbocycles. The third kappa shape index (κ3) is 5.46. The van der Waals surface area contributed by atoms with Crippen LogP contribution in [0.5, 0.6) is 0 Å². The zero-order valence-electron chi connectivity index (χ0n) is 20.4. The number of benzene rings is 2. The van der Waals surface area contributed by atoms with E-state index in [1.165, 1.54) is 7.11 Å². The molecule has 2 aromatic carbocycles. The normalized spacial score (nSPS) is 12.8. The lowest BCUT2D eigenvalue weighted by Crippen LogP contribution is -2.30. The van der Waals surface area contributed by atoms with Gasteiger partial charge in [-0.1, -0.05) is 44.0 Å². The van der Waals surface area contributed by atoms with Crippen molar-refractivity contribution < 1.29 is 19.1 Å². The maximum Gasteiger partial charge on any atom is 0.258 e. The van der Waals surface area contributed by atoms with Gasteiger partial charge in [0.25, 0.3) is 11.8 Å². The molecule has 2 aromatic rings. The van der Waals surface area contributed by atoms with Crippen LogP contribution in [0.3, 0.4) is 0 Å². The summed E-state index contributed by atoms with van der Waals surface area (Å²) < 4.78 is 10.8. The van der Waals surface area contributed by atoms with Crippen LogP contribution in [0.2, 0.25) is 0 Å². The van der Waals surface area contributed by atoms with Crippen molar-refractivity contribution in [1.82, 2.24) is 10.2 Å². The first kappa shape index (κ1) is 25.0. The molecule has 2 amide bonds. The minimum atomic E-state index is -0.239. The SMILES string of the molecule is C=C(OC)C(=C)C(=C)N1Cc2c(cccc2-c2ccc(C(=O)NCCOC(C)(C)C)cc2)C1=O. The molecule has 1 aliphatic heterocycles. The first-order valence-corrected chi connectivity index (χ1v) is 11.1. The lowest BCUT2D eigenvalue weighted by molar-refractivity contribution is -0.000655. The van der Waals surface area contributed by atoms with Gasteiger partial charge in [0.05, 0.1) is 25.9 Å². The standard InChI is InChI=1S/C28H32N2O4/c1-18(20(3)33-7)19(2)30-17-25-23(9-8-10-24(25)27(30)32)21-11-13-22(14-12-21)26(31)29-15-16-34-28(4,5)6/h8-14H,1-3,15-17H2,4-7H3,(H,29,31). The molecule has 0 unspecified atom stereocenters. The van der Waals surface area contributed by atoms with E-state index in [2.05, 4.69) is 25.1 Å². The zero-order valence-corrected chi connectivity index (χ0v) is 20.4. The van der Waals surface area contributed by atoms with E-state index in [0.717, 1.165) is 16.7 Å². The van der Waals surface area contributed by atoms with Gasteiger partial charge in [0.15, 0.2) is 0 Å². The number of fused-ring (bicyclic) bond motifs is 1. The number of carbonyl (C=O) groups excluding carboxylic acids is 2. The molecule has 6 nitrogen and oxygen atoms in total. The summed E-state index contributed by atoms with van der Waals surface area (Å²) in [5.74, 6) is 0.0741. The van der Waals surface area contributed by atoms with Crippen molar-refractivity contribution >= 4 is 11.8 Å². The molecule has 0 fully saturated rings. The Balaban J connectivity index is 1.74. The van der Waals surface area contributed by atoms with E-state index in [-0.39, 0.29) is 17.4 Å². The van der Waals surface area contributed by atoms with Crippen LogP contribution in [0.1, 0.15) is 47.1 Å². The summed E-state index contributed by atoms with van der Waals surface area (Å²) in [6.07, 6.45) is 0. The molecule has 1 heterocycles. The molecule has 34 heavy (non-hydrogen) atoms. The summed E-state index contributed by atoms with van der Waals surface area (Å²) >= 11 is 0. The molecule has 0 aromatic heterocycles. The number of hydrogen-bond donors (Lipinski definition) is 1. The predicted octanol–water partition coefficient (Wildman–Crippen LogP) is 5.08. The molecule has 3 rings (SSSR count). The van der Waals surface area contributed by atoms with Crippen LogP contribution in [0.15, 0.2) is 79.2 Å². The van der Waals surface area contributed by atoms with Crippen LogP contribution in [-0.4, -0.2) is 42.6 Å². The molecular formula is C28H32N2O4. The number of hydrogen-bond acceptors (Lipinski definition) is 4. The Labute approximate surface area is 201 Å². The Bertz CT molecular complexity index is 1140. The van der Waals surface area contributed by atoms with Gasteiger partial charge in [-0.3, -0.25) is 9.59 Å². The quantitative estimate of drug-likeness (QED) is 0.322. The summed E-state index contributed by atoms with van der Waals surface area (Å²) in [7, 11) is 1.50. The van der Waals surface area contributed by atoms with E-state index < -0.39 is 0 Å². The van der Waals surface area contributed by atoms with E-state index in [1.54, 1.807) is 17.0 Å². The smallest absolute Gasteiger partial charge is 0.258 e. The zero-order chi connectivity index (χ0) is 25.0. The third-order valence-corrected chi connectivity index (χ3v) is 5.61. The molecule has 178 valence electrons. The fourth-order valence-electron chi connectivity index (χ4n) is 3.69. The van der Waals surface area contributed by atoms with E-state index in [4.69, 9.17) is 9.47 Å². The average molecular weight is 461 g/mol. The van der Waals surface area contributed by atoms with Crippen molar-refractivity contribution in [2.24, 2.45) is 0 Å². The fraction of sp³-hybridized carbons (Fsp3) is 0.286. The second-order valence-corrected chi connectivity index (χ2v) is 9.07. The average Bonchev–Trinajstić information content (AvgIpc) is 3.16. The maximum atomic E-state index is 13.1. The number of amides is 2. The monoisotopic (exact) mass is 460 g/mol. The summed E-state index contributed by atoms with van der Waals surface area (Å²) in [4.78, 5) is 27.1. The fourth-order valence-corrected chi connectivity index (χ4v) is 3.69. The molecular weight excluding hydrogens is 428 g/mol. The number of carbonyl (C=O) groups is 2. The number of nitrogens with one attached hydrogen (secondary N) is 1. The summed E-state index contributed by atoms with van der Waals surface area (Å²) in [5.41, 5.74) is 4.64. The van der Waals surface area contributed by atoms with E-state index in [9.17, 15) is 9.59 Å². The largest absolute Gasteiger partial charge is 0.497 e. The molecule has 0 aliphatic carbocycles. The van der Waals surface area contributed by atoms with Crippen LogP contribution in [-0.2, 0) is 16.0 Å². The minimum Gasteiger partial charge on any atom is -0.497 e. The molecule has 0 atom stereocenters. The van der Waals surface area contributed by atoms with E-state index >= 15 is 0 Å². The van der Waals surface area contributed by atoms with Gasteiger partial charge in [0.2, 0.25) is 0 Å². The first-order chi connectivity index (χ1) is 16.0. The molecule has 1 N–H and O–H groups in total. The second kappa shape index (κ2) is 10.1. The summed E-state index contributed by atoms with van der Waals surface area (Å²) in [6.45, 7) is 19.0. The lowest BCUT2D eigenvalue weighted by atomic mass is 9.96. The van der Waals surface area contributed by atoms with E-state index in [1.807, 2.05) is 51.1 Å². The van der Waals surface area contributed by atoms with Gasteiger partial charge in [-0.25, -0.2) is 0 Å². The second-order valence-electron chi connectivity index (χ2n) is 9.07. The van der Waals surface area contributed by atoms with Crippen molar-refractivity contribution in [2.75, 3.05) is 20.3 Å². The van der Waals surface area contributed by atoms with Crippen molar-refractivity contribution in [3.63, 3.8) is 0 Å². The molecule has 0 saturated heterocycles. The Morgan fingerprint density at radius 2 is 1.71 bits per heavy atom. The highest BCUT2D eigenvalue weighted by molar-refractivity contribution is 6.02. The van der Waals surface area contributed by atoms with Crippen molar-refractivity contribution in [2.45, 2.75) is 32.9 Å². The van der Waals surface area contributed by atoms with Crippen molar-refractivity contribution in [3.8, 4) is 11.1 Å². The summed E-state index contributed by atoms with van der Waals surface area (Å²) in [6, 6.07) is 13.0. The van der Waals surface area contributed by atoms with Crippen LogP contribution >= 0.6 is 0 Å². The van der Waals surface area contributed by atoms with Gasteiger partial charge in [0.1, 0.15) is 5.76 Å². The van der Waals surface area contributed by atoms with Crippen LogP contribution in [0.4, 0.5) is 0 Å². The van der Waals surface area contributed by atoms with E-state index in [0.29, 0.717) is 47.9 Å². The third-order valence-electron chi connectivity index (χ3n) is 5.61. The Morgan fingerprint density at radius 3 is 2.32 bits per heavy atom. The Hall–Kier alpha value is -3.64. The molecule has 0 radical (unpaired) electrons. The van der Waals surface area contributed by atoms with Gasteiger partial charge in [-0.15, -0.1) is 0 Å². The molecule has 0 spiro atoms. The minimum absolute atomic E-state index is 0.139. The van der Waals surface area contributed by atoms with Gasteiger partial charge < -0.3 is 19.7 Å². The molecule has 1 aliphatic rings. The lowest BCUT2D eigenvalue weighted by Gasteiger charge is -2.21. The topological polar surface area (TPSA) is 67.9 Å². The first-order valence-electron chi connectivity index (χ1n) is 11.1. The highest BCUT2D eigenvalue weighted by Crippen LogP contribution is 2.36. The summed E-state index contributed by atoms with van der Waals surface area (Å²) in [5, 5.41) is 2.87. The number of methoxy groups -OCH3 is 1. The van der Waals surface area contributed by atoms with Crippen LogP contribution in [0, 0.1) is 0 Å². The van der Waals surface area contributed by atoms with Crippen LogP contribution < -0.4 is 5.32 Å². The van der Waals surface area contributed by atoms with Gasteiger partial charge in [-0.2, -0.15) is 0 Å². The number of nitrogens with zero attached hydrogens (tertiary/aromatic N) is 1. The Kier molecular flexibility index (Phi) is 7.42. The predicted molar refractivity (Wildman–Crippen MR) is 134 cm³/mol. The Morgan fingerprint density at radius 1 is 1.06 bits per heavy atom. The van der Waals surface area contributed by atoms with Gasteiger partial charge in [0, 0.05) is 28.9 Å². The molecule has 6 heteroatoms. The number of ether oxygens (including phenoxy) is 2. The van der Waals surface area contributed by atoms with Gasteiger partial charge >= 0.3 is 0 Å². The highest BCUT2D eigenvalue weighted by atomic mass is 16.5. The van der Waals surface area contributed by atoms with Crippen LogP contribution in [0.25, 0.3) is 11.1 Å².